The van der Waals surface area contributed by atoms with Crippen LogP contribution in [-0.2, 0) is 16.1 Å². The number of amides is 2. The molecule has 5 rings (SSSR count). The number of nitrogens with one attached hydrogen (secondary N) is 2. The Labute approximate surface area is 224 Å². The first-order valence-electron chi connectivity index (χ1n) is 12.5. The van der Waals surface area contributed by atoms with Crippen LogP contribution in [0.15, 0.2) is 54.7 Å². The molecule has 0 spiro atoms. The molecule has 0 unspecified atom stereocenters. The number of carboxylic acid groups (broad SMARTS) is 1. The number of nitrogens with zero attached hydrogens (tertiary/aromatic N) is 3. The predicted octanol–water partition coefficient (Wildman–Crippen LogP) is 1.96. The van der Waals surface area contributed by atoms with Crippen molar-refractivity contribution < 1.29 is 29.0 Å². The number of carbonyl (C=O) groups is 3. The highest BCUT2D eigenvalue weighted by Gasteiger charge is 2.35. The van der Waals surface area contributed by atoms with E-state index in [4.69, 9.17) is 15.2 Å². The van der Waals surface area contributed by atoms with E-state index in [1.54, 1.807) is 30.5 Å². The van der Waals surface area contributed by atoms with Crippen LogP contribution in [0.2, 0.25) is 0 Å². The number of fused-ring (bicyclic) bond motifs is 5. The molecular weight excluding hydrogens is 504 g/mol. The summed E-state index contributed by atoms with van der Waals surface area (Å²) in [4.78, 5) is 47.4. The molecule has 5 N–H and O–H groups in total. The first-order chi connectivity index (χ1) is 18.8. The summed E-state index contributed by atoms with van der Waals surface area (Å²) >= 11 is 0. The second kappa shape index (κ2) is 11.4. The molecular formula is C27H28N6O6. The van der Waals surface area contributed by atoms with Gasteiger partial charge >= 0.3 is 5.97 Å². The lowest BCUT2D eigenvalue weighted by molar-refractivity contribution is -0.122. The fourth-order valence-corrected chi connectivity index (χ4v) is 4.59. The minimum absolute atomic E-state index is 0.0757. The summed E-state index contributed by atoms with van der Waals surface area (Å²) < 4.78 is 12.2. The Morgan fingerprint density at radius 3 is 2.79 bits per heavy atom. The number of aromatic nitrogens is 2. The zero-order valence-electron chi connectivity index (χ0n) is 21.0. The molecule has 12 heteroatoms. The van der Waals surface area contributed by atoms with E-state index in [2.05, 4.69) is 20.6 Å². The van der Waals surface area contributed by atoms with Crippen LogP contribution in [-0.4, -0.2) is 64.6 Å². The summed E-state index contributed by atoms with van der Waals surface area (Å²) in [5.74, 6) is -0.322. The van der Waals surface area contributed by atoms with Crippen LogP contribution < -0.4 is 26.0 Å². The van der Waals surface area contributed by atoms with Gasteiger partial charge in [0, 0.05) is 37.8 Å². The van der Waals surface area contributed by atoms with E-state index in [9.17, 15) is 19.5 Å². The summed E-state index contributed by atoms with van der Waals surface area (Å²) in [5, 5.41) is 15.3. The molecule has 0 saturated carbocycles. The van der Waals surface area contributed by atoms with E-state index in [0.717, 1.165) is 5.56 Å². The highest BCUT2D eigenvalue weighted by atomic mass is 16.5. The average molecular weight is 533 g/mol. The highest BCUT2D eigenvalue weighted by Crippen LogP contribution is 2.27. The normalized spacial score (nSPS) is 20.1. The molecule has 3 heterocycles. The smallest absolute Gasteiger partial charge is 0.335 e. The van der Waals surface area contributed by atoms with Gasteiger partial charge in [-0.1, -0.05) is 12.1 Å². The number of hydrogen-bond acceptors (Lipinski definition) is 9. The number of aromatic carboxylic acids is 1. The van der Waals surface area contributed by atoms with Gasteiger partial charge in [0.1, 0.15) is 17.3 Å². The number of anilines is 2. The summed E-state index contributed by atoms with van der Waals surface area (Å²) in [6, 6.07) is 12.8. The molecule has 3 aromatic rings. The third kappa shape index (κ3) is 6.41. The van der Waals surface area contributed by atoms with Crippen molar-refractivity contribution in [1.82, 2.24) is 20.6 Å². The van der Waals surface area contributed by atoms with E-state index in [1.165, 1.54) is 18.2 Å². The fraction of sp³-hybridized carbons (Fsp3) is 0.296. The van der Waals surface area contributed by atoms with Gasteiger partial charge in [-0.2, -0.15) is 4.98 Å². The monoisotopic (exact) mass is 532 g/mol. The van der Waals surface area contributed by atoms with E-state index >= 15 is 0 Å². The Morgan fingerprint density at radius 2 is 1.97 bits per heavy atom. The molecule has 2 aromatic carbocycles. The van der Waals surface area contributed by atoms with Crippen molar-refractivity contribution >= 4 is 29.5 Å². The largest absolute Gasteiger partial charge is 0.478 e. The zero-order valence-corrected chi connectivity index (χ0v) is 21.0. The van der Waals surface area contributed by atoms with Gasteiger partial charge < -0.3 is 35.8 Å². The maximum Gasteiger partial charge on any atom is 0.335 e. The van der Waals surface area contributed by atoms with E-state index in [0.29, 0.717) is 31.1 Å². The molecule has 202 valence electrons. The molecule has 39 heavy (non-hydrogen) atoms. The molecule has 2 atom stereocenters. The SMILES string of the molecule is Nc1nccc(N2C[C@@H]3NC(=O)CCCNC(=O)c4cc(cc(C(=O)O)c4)Oc4cccc(c4)CO[C@H]3C2)n1. The molecule has 2 aliphatic heterocycles. The summed E-state index contributed by atoms with van der Waals surface area (Å²) in [7, 11) is 0. The Hall–Kier alpha value is -4.71. The fourth-order valence-electron chi connectivity index (χ4n) is 4.59. The third-order valence-corrected chi connectivity index (χ3v) is 6.48. The molecule has 1 fully saturated rings. The Balaban J connectivity index is 1.40. The summed E-state index contributed by atoms with van der Waals surface area (Å²) in [6.45, 7) is 1.45. The van der Waals surface area contributed by atoms with Gasteiger partial charge in [0.15, 0.2) is 0 Å². The van der Waals surface area contributed by atoms with Crippen LogP contribution >= 0.6 is 0 Å². The highest BCUT2D eigenvalue weighted by molar-refractivity contribution is 5.98. The van der Waals surface area contributed by atoms with Crippen molar-refractivity contribution in [2.75, 3.05) is 30.3 Å². The lowest BCUT2D eigenvalue weighted by atomic mass is 10.1. The van der Waals surface area contributed by atoms with Crippen LogP contribution in [0.5, 0.6) is 11.5 Å². The number of nitrogen functional groups attached to an aromatic ring is 1. The number of hydrogen-bond donors (Lipinski definition) is 4. The second-order valence-electron chi connectivity index (χ2n) is 9.36. The Morgan fingerprint density at radius 1 is 1.10 bits per heavy atom. The topological polar surface area (TPSA) is 169 Å². The van der Waals surface area contributed by atoms with Crippen LogP contribution in [0.3, 0.4) is 0 Å². The molecule has 0 aliphatic carbocycles. The molecule has 2 aliphatic rings. The maximum atomic E-state index is 12.8. The van der Waals surface area contributed by atoms with E-state index in [-0.39, 0.29) is 60.5 Å². The van der Waals surface area contributed by atoms with Crippen LogP contribution in [0, 0.1) is 0 Å². The van der Waals surface area contributed by atoms with Crippen molar-refractivity contribution in [3.63, 3.8) is 0 Å². The van der Waals surface area contributed by atoms with Crippen molar-refractivity contribution in [1.29, 1.82) is 0 Å². The van der Waals surface area contributed by atoms with Gasteiger partial charge in [-0.25, -0.2) is 9.78 Å². The van der Waals surface area contributed by atoms with Gasteiger partial charge in [0.25, 0.3) is 5.91 Å². The van der Waals surface area contributed by atoms with Crippen molar-refractivity contribution in [2.24, 2.45) is 0 Å². The average Bonchev–Trinajstić information content (AvgIpc) is 3.31. The molecule has 0 radical (unpaired) electrons. The number of benzene rings is 2. The quantitative estimate of drug-likeness (QED) is 0.383. The first kappa shape index (κ1) is 25.9. The van der Waals surface area contributed by atoms with Crippen LogP contribution in [0.1, 0.15) is 39.1 Å². The third-order valence-electron chi connectivity index (χ3n) is 6.48. The zero-order chi connectivity index (χ0) is 27.4. The van der Waals surface area contributed by atoms with Crippen molar-refractivity contribution in [3.05, 3.63) is 71.4 Å². The second-order valence-corrected chi connectivity index (χ2v) is 9.36. The first-order valence-corrected chi connectivity index (χ1v) is 12.5. The van der Waals surface area contributed by atoms with Gasteiger partial charge in [-0.15, -0.1) is 0 Å². The minimum Gasteiger partial charge on any atom is -0.478 e. The Bertz CT molecular complexity index is 1400. The Kier molecular flexibility index (Phi) is 7.55. The number of carboxylic acids is 1. The lowest BCUT2D eigenvalue weighted by Gasteiger charge is -2.20. The van der Waals surface area contributed by atoms with E-state index in [1.807, 2.05) is 11.0 Å². The van der Waals surface area contributed by atoms with Crippen molar-refractivity contribution in [3.8, 4) is 11.5 Å². The summed E-state index contributed by atoms with van der Waals surface area (Å²) in [5.41, 5.74) is 6.65. The number of nitrogens with two attached hydrogens (primary N) is 1. The van der Waals surface area contributed by atoms with Crippen LogP contribution in [0.4, 0.5) is 11.8 Å². The maximum absolute atomic E-state index is 12.8. The standard InChI is InChI=1S/C27H28N6O6/c28-27-30-8-6-23(32-27)33-13-21-22(14-33)38-15-16-3-1-4-19(9-16)39-20-11-17(10-18(12-20)26(36)37)25(35)29-7-2-5-24(34)31-21/h1,3-4,6,8-12,21-22H,2,5,7,13-15H2,(H,29,35)(H,31,34)(H,36,37)(H2,28,30,32)/t21-,22-/m0/s1. The molecule has 1 saturated heterocycles. The lowest BCUT2D eigenvalue weighted by Crippen LogP contribution is -2.44. The molecule has 2 amide bonds. The number of ether oxygens (including phenoxy) is 2. The minimum atomic E-state index is -1.18. The summed E-state index contributed by atoms with van der Waals surface area (Å²) in [6.07, 6.45) is 1.84. The molecule has 4 bridgehead atoms. The van der Waals surface area contributed by atoms with Crippen LogP contribution in [0.25, 0.3) is 0 Å². The predicted molar refractivity (Wildman–Crippen MR) is 141 cm³/mol. The van der Waals surface area contributed by atoms with Gasteiger partial charge in [-0.3, -0.25) is 9.59 Å². The molecule has 12 nitrogen and oxygen atoms in total. The van der Waals surface area contributed by atoms with Gasteiger partial charge in [0.2, 0.25) is 11.9 Å². The molecule has 1 aromatic heterocycles. The number of rotatable bonds is 2. The van der Waals surface area contributed by atoms with E-state index < -0.39 is 11.9 Å². The number of carbonyl (C=O) groups excluding carboxylic acids is 2. The van der Waals surface area contributed by atoms with Gasteiger partial charge in [0.05, 0.1) is 24.3 Å². The van der Waals surface area contributed by atoms with Crippen molar-refractivity contribution in [2.45, 2.75) is 31.6 Å². The van der Waals surface area contributed by atoms with Gasteiger partial charge in [-0.05, 0) is 48.4 Å².